The number of aliphatic hydroxyl groups is 4. The van der Waals surface area contributed by atoms with Crippen LogP contribution in [0.4, 0.5) is 0 Å². The Bertz CT molecular complexity index is 1700. The zero-order chi connectivity index (χ0) is 43.7. The Morgan fingerprint density at radius 1 is 1.02 bits per heavy atom. The first-order valence-electron chi connectivity index (χ1n) is 19.7. The summed E-state index contributed by atoms with van der Waals surface area (Å²) in [5, 5.41) is 45.4. The number of ketones is 3. The van der Waals surface area contributed by atoms with E-state index in [-0.39, 0.29) is 36.0 Å². The first-order chi connectivity index (χ1) is 27.4. The monoisotopic (exact) mass is 809 g/mol. The number of amides is 1. The SMILES string of the molecule is CCC(C(=O)NC(O)C(O)C(C)C(=O)C(C)C(O)CC(=O)/C(C)=C/CC1OC(=O)C(OC)=CC(C)=C[C@@H](C)[C@H](O)C(C)CC=CC=CC1OC)C(=O)c1ccccc1. The van der Waals surface area contributed by atoms with Crippen molar-refractivity contribution in [2.75, 3.05) is 14.2 Å². The van der Waals surface area contributed by atoms with E-state index in [9.17, 15) is 44.4 Å². The molecule has 0 aliphatic carbocycles. The summed E-state index contributed by atoms with van der Waals surface area (Å²) in [5.41, 5.74) is 1.23. The summed E-state index contributed by atoms with van der Waals surface area (Å²) in [5.74, 6) is -7.06. The maximum absolute atomic E-state index is 13.3. The molecule has 0 spiro atoms. The topological polar surface area (TPSA) is 206 Å². The lowest BCUT2D eigenvalue weighted by molar-refractivity contribution is -0.153. The second-order valence-corrected chi connectivity index (χ2v) is 15.1. The van der Waals surface area contributed by atoms with E-state index in [4.69, 9.17) is 14.2 Å². The number of esters is 1. The van der Waals surface area contributed by atoms with Gasteiger partial charge in [0.25, 0.3) is 0 Å². The molecule has 320 valence electrons. The van der Waals surface area contributed by atoms with Gasteiger partial charge in [0.15, 0.2) is 17.8 Å². The van der Waals surface area contributed by atoms with E-state index in [1.807, 2.05) is 32.1 Å². The zero-order valence-corrected chi connectivity index (χ0v) is 35.2. The quantitative estimate of drug-likeness (QED) is 0.0476. The number of carbonyl (C=O) groups excluding carboxylic acids is 5. The molecule has 0 aromatic heterocycles. The second-order valence-electron chi connectivity index (χ2n) is 15.1. The van der Waals surface area contributed by atoms with Crippen molar-refractivity contribution in [3.63, 3.8) is 0 Å². The number of ether oxygens (including phenoxy) is 3. The number of carbonyl (C=O) groups is 5. The van der Waals surface area contributed by atoms with Crippen LogP contribution in [0.2, 0.25) is 0 Å². The number of Topliss-reactive ketones (excluding diaryl/α,β-unsaturated/α-hetero) is 3. The van der Waals surface area contributed by atoms with Crippen molar-refractivity contribution in [1.29, 1.82) is 0 Å². The van der Waals surface area contributed by atoms with Crippen LogP contribution in [0.1, 0.15) is 84.5 Å². The summed E-state index contributed by atoms with van der Waals surface area (Å²) in [6, 6.07) is 8.18. The van der Waals surface area contributed by atoms with Crippen molar-refractivity contribution in [3.8, 4) is 0 Å². The molecule has 58 heavy (non-hydrogen) atoms. The number of hydrogen-bond donors (Lipinski definition) is 5. The highest BCUT2D eigenvalue weighted by Crippen LogP contribution is 2.23. The van der Waals surface area contributed by atoms with Gasteiger partial charge in [0.1, 0.15) is 30.0 Å². The summed E-state index contributed by atoms with van der Waals surface area (Å²) in [7, 11) is 2.79. The maximum Gasteiger partial charge on any atom is 0.373 e. The average molecular weight is 810 g/mol. The van der Waals surface area contributed by atoms with Crippen molar-refractivity contribution < 1.29 is 58.6 Å². The predicted molar refractivity (Wildman–Crippen MR) is 219 cm³/mol. The molecule has 1 aromatic carbocycles. The van der Waals surface area contributed by atoms with E-state index in [0.717, 1.165) is 0 Å². The van der Waals surface area contributed by atoms with E-state index >= 15 is 0 Å². The molecule has 13 heteroatoms. The molecular formula is C45H63NO12. The van der Waals surface area contributed by atoms with Gasteiger partial charge in [0, 0.05) is 43.3 Å². The number of hydrogen-bond acceptors (Lipinski definition) is 12. The van der Waals surface area contributed by atoms with Gasteiger partial charge < -0.3 is 40.0 Å². The molecule has 5 N–H and O–H groups in total. The number of benzene rings is 1. The summed E-state index contributed by atoms with van der Waals surface area (Å²) < 4.78 is 16.9. The Morgan fingerprint density at radius 2 is 1.67 bits per heavy atom. The van der Waals surface area contributed by atoms with Crippen molar-refractivity contribution >= 4 is 29.2 Å². The van der Waals surface area contributed by atoms with Crippen LogP contribution in [0.25, 0.3) is 0 Å². The maximum atomic E-state index is 13.3. The largest absolute Gasteiger partial charge is 0.490 e. The number of methoxy groups -OCH3 is 2. The van der Waals surface area contributed by atoms with E-state index in [1.54, 1.807) is 62.4 Å². The second kappa shape index (κ2) is 24.4. The molecule has 11 atom stereocenters. The van der Waals surface area contributed by atoms with Crippen molar-refractivity contribution in [1.82, 2.24) is 5.32 Å². The first-order valence-corrected chi connectivity index (χ1v) is 19.7. The number of rotatable bonds is 17. The lowest BCUT2D eigenvalue weighted by Crippen LogP contribution is -2.51. The van der Waals surface area contributed by atoms with Crippen LogP contribution in [-0.4, -0.2) is 101 Å². The van der Waals surface area contributed by atoms with Gasteiger partial charge in [-0.15, -0.1) is 0 Å². The van der Waals surface area contributed by atoms with Crippen LogP contribution in [-0.2, 0) is 33.4 Å². The van der Waals surface area contributed by atoms with Gasteiger partial charge in [-0.1, -0.05) is 107 Å². The third-order valence-electron chi connectivity index (χ3n) is 10.6. The fourth-order valence-electron chi connectivity index (χ4n) is 6.58. The van der Waals surface area contributed by atoms with Gasteiger partial charge in [0.2, 0.25) is 11.7 Å². The molecule has 1 aliphatic rings. The summed E-state index contributed by atoms with van der Waals surface area (Å²) in [4.78, 5) is 65.7. The van der Waals surface area contributed by atoms with E-state index in [1.165, 1.54) is 41.1 Å². The standard InChI is InChI=1S/C45H63NO12/c1-10-33(42(52)32-18-14-12-15-19-32)43(53)46-44(54)41(51)31(7)40(50)30(6)35(48)25-34(47)27(3)21-22-37-36(56-8)20-16-11-13-17-28(4)39(49)29(5)23-26(2)24-38(57-9)45(55)58-37/h11-16,18-21,23-24,28-31,33,35-37,39,41,44,48-49,51,54H,10,17,22,25H2,1-9H3,(H,46,53)/b13-11?,20-16?,26-23?,27-21+,38-24?/t28?,29-,30?,31?,33?,35?,36?,37?,39-,41?,44?/m1/s1. The summed E-state index contributed by atoms with van der Waals surface area (Å²) in [6.07, 6.45) is 5.05. The average Bonchev–Trinajstić information content (AvgIpc) is 3.20. The summed E-state index contributed by atoms with van der Waals surface area (Å²) in [6.45, 7) is 11.5. The highest BCUT2D eigenvalue weighted by Gasteiger charge is 2.36. The molecule has 0 saturated heterocycles. The third-order valence-corrected chi connectivity index (χ3v) is 10.6. The Morgan fingerprint density at radius 3 is 2.28 bits per heavy atom. The van der Waals surface area contributed by atoms with Gasteiger partial charge in [-0.05, 0) is 44.3 Å². The molecule has 0 fully saturated rings. The molecule has 13 nitrogen and oxygen atoms in total. The van der Waals surface area contributed by atoms with E-state index < -0.39 is 90.1 Å². The Hall–Kier alpha value is -4.53. The minimum atomic E-state index is -1.90. The van der Waals surface area contributed by atoms with Crippen LogP contribution in [0.15, 0.2) is 89.8 Å². The van der Waals surface area contributed by atoms with Crippen molar-refractivity contribution in [2.45, 2.75) is 111 Å². The van der Waals surface area contributed by atoms with Gasteiger partial charge in [-0.2, -0.15) is 0 Å². The van der Waals surface area contributed by atoms with Crippen molar-refractivity contribution in [3.05, 3.63) is 95.3 Å². The number of aliphatic hydroxyl groups excluding tert-OH is 4. The van der Waals surface area contributed by atoms with E-state index in [0.29, 0.717) is 17.6 Å². The minimum absolute atomic E-state index is 0.0369. The first kappa shape index (κ1) is 49.6. The number of nitrogens with one attached hydrogen (secondary N) is 1. The predicted octanol–water partition coefficient (Wildman–Crippen LogP) is 4.74. The number of allylic oxidation sites excluding steroid dienone is 6. The van der Waals surface area contributed by atoms with E-state index in [2.05, 4.69) is 5.32 Å². The summed E-state index contributed by atoms with van der Waals surface area (Å²) >= 11 is 0. The normalized spacial score (nSPS) is 24.2. The highest BCUT2D eigenvalue weighted by molar-refractivity contribution is 6.10. The zero-order valence-electron chi connectivity index (χ0n) is 35.2. The molecule has 1 heterocycles. The fourth-order valence-corrected chi connectivity index (χ4v) is 6.58. The van der Waals surface area contributed by atoms with Gasteiger partial charge in [-0.25, -0.2) is 4.79 Å². The molecule has 1 aliphatic heterocycles. The van der Waals surface area contributed by atoms with Crippen LogP contribution in [0, 0.1) is 29.6 Å². The fraction of sp³-hybridized carbons (Fsp3) is 0.533. The van der Waals surface area contributed by atoms with Gasteiger partial charge in [-0.3, -0.25) is 19.2 Å². The molecule has 0 saturated carbocycles. The van der Waals surface area contributed by atoms with Crippen molar-refractivity contribution in [2.24, 2.45) is 29.6 Å². The molecular weight excluding hydrogens is 746 g/mol. The smallest absolute Gasteiger partial charge is 0.373 e. The molecule has 2 rings (SSSR count). The minimum Gasteiger partial charge on any atom is -0.490 e. The Kier molecular flexibility index (Phi) is 20.9. The molecule has 0 radical (unpaired) electrons. The highest BCUT2D eigenvalue weighted by atomic mass is 16.6. The Balaban J connectivity index is 2.16. The lowest BCUT2D eigenvalue weighted by Gasteiger charge is -2.28. The third kappa shape index (κ3) is 14.7. The molecule has 1 amide bonds. The number of cyclic esters (lactones) is 1. The van der Waals surface area contributed by atoms with Crippen LogP contribution in [0.5, 0.6) is 0 Å². The van der Waals surface area contributed by atoms with Crippen LogP contribution >= 0.6 is 0 Å². The van der Waals surface area contributed by atoms with Crippen LogP contribution in [0.3, 0.4) is 0 Å². The lowest BCUT2D eigenvalue weighted by atomic mass is 9.85. The Labute approximate surface area is 342 Å². The molecule has 9 unspecified atom stereocenters. The van der Waals surface area contributed by atoms with Crippen LogP contribution < -0.4 is 5.32 Å². The van der Waals surface area contributed by atoms with Gasteiger partial charge >= 0.3 is 5.97 Å². The molecule has 1 aromatic rings. The van der Waals surface area contributed by atoms with Gasteiger partial charge in [0.05, 0.1) is 19.3 Å². The molecule has 0 bridgehead atoms.